The summed E-state index contributed by atoms with van der Waals surface area (Å²) < 4.78 is 10.2. The summed E-state index contributed by atoms with van der Waals surface area (Å²) in [6.45, 7) is 11.9. The fourth-order valence-electron chi connectivity index (χ4n) is 1.45. The van der Waals surface area contributed by atoms with Crippen LogP contribution in [-0.4, -0.2) is 70.0 Å². The largest absolute Gasteiger partial charge is 0.481 e. The Labute approximate surface area is 157 Å². The molecular formula is C18H38O8. The van der Waals surface area contributed by atoms with Gasteiger partial charge in [-0.1, -0.05) is 0 Å². The number of hydrogen-bond acceptors (Lipinski definition) is 6. The van der Waals surface area contributed by atoms with E-state index in [1.807, 2.05) is 27.7 Å². The lowest BCUT2D eigenvalue weighted by molar-refractivity contribution is -0.139. The molecule has 0 aromatic rings. The molecule has 8 heteroatoms. The fraction of sp³-hybridized carbons (Fsp3) is 0.889. The van der Waals surface area contributed by atoms with E-state index in [0.29, 0.717) is 31.7 Å². The van der Waals surface area contributed by atoms with Crippen LogP contribution in [0.1, 0.15) is 67.2 Å². The molecule has 0 amide bonds. The van der Waals surface area contributed by atoms with Crippen molar-refractivity contribution in [3.63, 3.8) is 0 Å². The maximum Gasteiger partial charge on any atom is 0.303 e. The normalized spacial score (nSPS) is 12.5. The van der Waals surface area contributed by atoms with Gasteiger partial charge in [0.15, 0.2) is 0 Å². The molecule has 0 aliphatic rings. The SMILES string of the molecule is CC(C)OC(C)C.CC(O)COC(C)CO.O=C(O)CCCCC(=O)O. The Morgan fingerprint density at radius 2 is 1.23 bits per heavy atom. The van der Waals surface area contributed by atoms with E-state index in [0.717, 1.165) is 0 Å². The van der Waals surface area contributed by atoms with Gasteiger partial charge in [0.2, 0.25) is 0 Å². The molecular weight excluding hydrogens is 344 g/mol. The molecule has 0 aromatic carbocycles. The molecule has 0 radical (unpaired) electrons. The molecule has 0 aliphatic heterocycles. The first-order chi connectivity index (χ1) is 11.9. The van der Waals surface area contributed by atoms with E-state index in [9.17, 15) is 9.59 Å². The van der Waals surface area contributed by atoms with Crippen molar-refractivity contribution in [2.75, 3.05) is 13.2 Å². The number of hydrogen-bond donors (Lipinski definition) is 4. The third-order valence-electron chi connectivity index (χ3n) is 2.45. The van der Waals surface area contributed by atoms with Gasteiger partial charge in [-0.05, 0) is 54.4 Å². The number of carbonyl (C=O) groups is 2. The Morgan fingerprint density at radius 1 is 0.846 bits per heavy atom. The number of carboxylic acid groups (broad SMARTS) is 2. The maximum atomic E-state index is 9.90. The molecule has 26 heavy (non-hydrogen) atoms. The molecule has 0 fully saturated rings. The summed E-state index contributed by atoms with van der Waals surface area (Å²) in [5, 5.41) is 33.4. The lowest BCUT2D eigenvalue weighted by Gasteiger charge is -2.10. The van der Waals surface area contributed by atoms with Gasteiger partial charge in [-0.15, -0.1) is 0 Å². The first-order valence-electron chi connectivity index (χ1n) is 8.91. The molecule has 0 aromatic heterocycles. The van der Waals surface area contributed by atoms with Gasteiger partial charge in [0.05, 0.1) is 37.6 Å². The molecule has 0 rings (SSSR count). The van der Waals surface area contributed by atoms with Crippen molar-refractivity contribution in [1.29, 1.82) is 0 Å². The van der Waals surface area contributed by atoms with Crippen molar-refractivity contribution in [2.45, 2.75) is 91.6 Å². The number of ether oxygens (including phenoxy) is 2. The van der Waals surface area contributed by atoms with Crippen molar-refractivity contribution in [2.24, 2.45) is 0 Å². The molecule has 4 N–H and O–H groups in total. The quantitative estimate of drug-likeness (QED) is 0.400. The minimum atomic E-state index is -0.870. The summed E-state index contributed by atoms with van der Waals surface area (Å²) in [5.74, 6) is -1.74. The second kappa shape index (κ2) is 20.1. The first-order valence-corrected chi connectivity index (χ1v) is 8.91. The second-order valence-electron chi connectivity index (χ2n) is 6.40. The molecule has 2 atom stereocenters. The molecule has 0 bridgehead atoms. The Balaban J connectivity index is -0.000000310. The predicted octanol–water partition coefficient (Wildman–Crippen LogP) is 2.30. The van der Waals surface area contributed by atoms with Gasteiger partial charge < -0.3 is 29.9 Å². The summed E-state index contributed by atoms with van der Waals surface area (Å²) in [5.41, 5.74) is 0. The zero-order valence-electron chi connectivity index (χ0n) is 17.0. The van der Waals surface area contributed by atoms with Gasteiger partial charge in [0.1, 0.15) is 0 Å². The van der Waals surface area contributed by atoms with E-state index in [-0.39, 0.29) is 25.6 Å². The van der Waals surface area contributed by atoms with Crippen LogP contribution in [0.3, 0.4) is 0 Å². The predicted molar refractivity (Wildman–Crippen MR) is 99.3 cm³/mol. The first kappa shape index (κ1) is 29.5. The Hall–Kier alpha value is -1.22. The van der Waals surface area contributed by atoms with Crippen LogP contribution in [-0.2, 0) is 19.1 Å². The van der Waals surface area contributed by atoms with Crippen molar-refractivity contribution < 1.29 is 39.5 Å². The number of aliphatic hydroxyl groups excluding tert-OH is 2. The fourth-order valence-corrected chi connectivity index (χ4v) is 1.45. The average molecular weight is 382 g/mol. The third kappa shape index (κ3) is 38.4. The van der Waals surface area contributed by atoms with E-state index in [4.69, 9.17) is 29.9 Å². The molecule has 158 valence electrons. The van der Waals surface area contributed by atoms with E-state index >= 15 is 0 Å². The highest BCUT2D eigenvalue weighted by atomic mass is 16.5. The lowest BCUT2D eigenvalue weighted by atomic mass is 10.2. The number of unbranched alkanes of at least 4 members (excludes halogenated alkanes) is 1. The van der Waals surface area contributed by atoms with Crippen LogP contribution in [0.15, 0.2) is 0 Å². The van der Waals surface area contributed by atoms with Gasteiger partial charge in [0.25, 0.3) is 0 Å². The lowest BCUT2D eigenvalue weighted by Crippen LogP contribution is -2.19. The topological polar surface area (TPSA) is 134 Å². The minimum absolute atomic E-state index is 0.00667. The molecule has 0 spiro atoms. The molecule has 0 saturated heterocycles. The van der Waals surface area contributed by atoms with Gasteiger partial charge in [0, 0.05) is 12.8 Å². The highest BCUT2D eigenvalue weighted by Crippen LogP contribution is 1.98. The third-order valence-corrected chi connectivity index (χ3v) is 2.45. The van der Waals surface area contributed by atoms with Crippen LogP contribution in [0.2, 0.25) is 0 Å². The zero-order chi connectivity index (χ0) is 21.1. The number of aliphatic carboxylic acids is 2. The van der Waals surface area contributed by atoms with Crippen LogP contribution >= 0.6 is 0 Å². The number of carboxylic acids is 2. The van der Waals surface area contributed by atoms with Crippen molar-refractivity contribution >= 4 is 11.9 Å². The van der Waals surface area contributed by atoms with Gasteiger partial charge in [-0.2, -0.15) is 0 Å². The number of aliphatic hydroxyl groups is 2. The Bertz CT molecular complexity index is 307. The van der Waals surface area contributed by atoms with E-state index in [2.05, 4.69) is 0 Å². The molecule has 0 aliphatic carbocycles. The summed E-state index contributed by atoms with van der Waals surface area (Å²) in [4.78, 5) is 19.8. The van der Waals surface area contributed by atoms with Crippen LogP contribution in [0.5, 0.6) is 0 Å². The zero-order valence-corrected chi connectivity index (χ0v) is 17.0. The summed E-state index contributed by atoms with van der Waals surface area (Å²) >= 11 is 0. The van der Waals surface area contributed by atoms with Crippen molar-refractivity contribution in [3.8, 4) is 0 Å². The van der Waals surface area contributed by atoms with Crippen LogP contribution in [0.25, 0.3) is 0 Å². The molecule has 0 heterocycles. The standard InChI is InChI=1S/C6H10O4.C6H14O3.C6H14O/c7-5(8)3-1-2-4-6(9)10;1-5(8)4-9-6(2)3-7;1-5(2)7-6(3)4/h1-4H2,(H,7,8)(H,9,10);5-8H,3-4H2,1-2H3;5-6H,1-4H3. The van der Waals surface area contributed by atoms with Crippen LogP contribution in [0, 0.1) is 0 Å². The molecule has 2 unspecified atom stereocenters. The van der Waals surface area contributed by atoms with E-state index in [1.54, 1.807) is 13.8 Å². The van der Waals surface area contributed by atoms with Gasteiger partial charge in [-0.25, -0.2) is 0 Å². The molecule has 8 nitrogen and oxygen atoms in total. The Kier molecular flexibility index (Phi) is 22.8. The van der Waals surface area contributed by atoms with Gasteiger partial charge >= 0.3 is 11.9 Å². The van der Waals surface area contributed by atoms with Crippen molar-refractivity contribution in [1.82, 2.24) is 0 Å². The highest BCUT2D eigenvalue weighted by Gasteiger charge is 2.01. The molecule has 0 saturated carbocycles. The smallest absolute Gasteiger partial charge is 0.303 e. The summed E-state index contributed by atoms with van der Waals surface area (Å²) in [6, 6.07) is 0. The van der Waals surface area contributed by atoms with E-state index < -0.39 is 18.0 Å². The van der Waals surface area contributed by atoms with E-state index in [1.165, 1.54) is 0 Å². The summed E-state index contributed by atoms with van der Waals surface area (Å²) in [7, 11) is 0. The van der Waals surface area contributed by atoms with Crippen LogP contribution < -0.4 is 0 Å². The monoisotopic (exact) mass is 382 g/mol. The Morgan fingerprint density at radius 3 is 1.42 bits per heavy atom. The highest BCUT2D eigenvalue weighted by molar-refractivity contribution is 5.67. The maximum absolute atomic E-state index is 9.90. The second-order valence-corrected chi connectivity index (χ2v) is 6.40. The minimum Gasteiger partial charge on any atom is -0.481 e. The number of rotatable bonds is 11. The summed E-state index contributed by atoms with van der Waals surface area (Å²) in [6.07, 6.45) is 1.16. The van der Waals surface area contributed by atoms with Gasteiger partial charge in [-0.3, -0.25) is 9.59 Å². The average Bonchev–Trinajstić information content (AvgIpc) is 2.48. The van der Waals surface area contributed by atoms with Crippen molar-refractivity contribution in [3.05, 3.63) is 0 Å². The van der Waals surface area contributed by atoms with Crippen LogP contribution in [0.4, 0.5) is 0 Å².